The van der Waals surface area contributed by atoms with Gasteiger partial charge < -0.3 is 15.3 Å². The molecule has 110 valence electrons. The number of piperidine rings is 1. The third kappa shape index (κ3) is 3.25. The van der Waals surface area contributed by atoms with E-state index in [4.69, 9.17) is 0 Å². The highest BCUT2D eigenvalue weighted by molar-refractivity contribution is 5.78. The predicted octanol–water partition coefficient (Wildman–Crippen LogP) is 0.174. The fourth-order valence-corrected chi connectivity index (χ4v) is 2.33. The Kier molecular flexibility index (Phi) is 4.21. The first-order valence-corrected chi connectivity index (χ1v) is 6.61. The average Bonchev–Trinajstić information content (AvgIpc) is 2.91. The zero-order valence-electron chi connectivity index (χ0n) is 11.4. The molecule has 2 amide bonds. The Labute approximate surface area is 116 Å². The van der Waals surface area contributed by atoms with Crippen LogP contribution in [0, 0.1) is 5.41 Å². The van der Waals surface area contributed by atoms with E-state index in [1.54, 1.807) is 28.9 Å². The number of rotatable bonds is 4. The van der Waals surface area contributed by atoms with E-state index >= 15 is 0 Å². The second-order valence-corrected chi connectivity index (χ2v) is 5.29. The second kappa shape index (κ2) is 5.89. The van der Waals surface area contributed by atoms with Gasteiger partial charge in [0, 0.05) is 25.8 Å². The highest BCUT2D eigenvalue weighted by Crippen LogP contribution is 2.29. The van der Waals surface area contributed by atoms with Crippen LogP contribution in [0.5, 0.6) is 0 Å². The Morgan fingerprint density at radius 3 is 2.95 bits per heavy atom. The highest BCUT2D eigenvalue weighted by Gasteiger charge is 2.39. The molecule has 8 nitrogen and oxygen atoms in total. The molecule has 0 radical (unpaired) electrons. The van der Waals surface area contributed by atoms with Crippen LogP contribution in [-0.2, 0) is 11.3 Å². The van der Waals surface area contributed by atoms with Crippen molar-refractivity contribution < 1.29 is 14.7 Å². The first kappa shape index (κ1) is 14.3. The number of carbonyl (C=O) groups is 2. The van der Waals surface area contributed by atoms with Gasteiger partial charge in [0.1, 0.15) is 0 Å². The molecule has 1 aliphatic rings. The summed E-state index contributed by atoms with van der Waals surface area (Å²) >= 11 is 0. The van der Waals surface area contributed by atoms with E-state index in [1.165, 1.54) is 0 Å². The van der Waals surface area contributed by atoms with Crippen molar-refractivity contribution in [3.05, 3.63) is 12.4 Å². The summed E-state index contributed by atoms with van der Waals surface area (Å²) in [5.74, 6) is -0.849. The molecule has 2 N–H and O–H groups in total. The monoisotopic (exact) mass is 281 g/mol. The van der Waals surface area contributed by atoms with E-state index < -0.39 is 11.4 Å². The average molecular weight is 281 g/mol. The molecule has 1 saturated heterocycles. The van der Waals surface area contributed by atoms with Gasteiger partial charge in [-0.1, -0.05) is 5.21 Å². The third-order valence-electron chi connectivity index (χ3n) is 3.59. The number of urea groups is 1. The van der Waals surface area contributed by atoms with Crippen molar-refractivity contribution in [2.24, 2.45) is 5.41 Å². The predicted molar refractivity (Wildman–Crippen MR) is 70.0 cm³/mol. The SMILES string of the molecule is CC1(C(=O)O)CCCN(C(=O)NCCn2ccnn2)C1. The summed E-state index contributed by atoms with van der Waals surface area (Å²) < 4.78 is 1.62. The first-order valence-electron chi connectivity index (χ1n) is 6.61. The number of carbonyl (C=O) groups excluding carboxylic acids is 1. The molecule has 0 bridgehead atoms. The van der Waals surface area contributed by atoms with E-state index in [0.717, 1.165) is 0 Å². The second-order valence-electron chi connectivity index (χ2n) is 5.29. The summed E-state index contributed by atoms with van der Waals surface area (Å²) in [6, 6.07) is -0.225. The minimum Gasteiger partial charge on any atom is -0.481 e. The molecule has 1 aliphatic heterocycles. The minimum absolute atomic E-state index is 0.225. The fraction of sp³-hybridized carbons (Fsp3) is 0.667. The number of hydrogen-bond acceptors (Lipinski definition) is 4. The summed E-state index contributed by atoms with van der Waals surface area (Å²) in [7, 11) is 0. The van der Waals surface area contributed by atoms with Crippen molar-refractivity contribution in [3.8, 4) is 0 Å². The Hall–Kier alpha value is -2.12. The fourth-order valence-electron chi connectivity index (χ4n) is 2.33. The lowest BCUT2D eigenvalue weighted by Gasteiger charge is -2.37. The smallest absolute Gasteiger partial charge is 0.317 e. The number of amides is 2. The van der Waals surface area contributed by atoms with Crippen LogP contribution in [0.1, 0.15) is 19.8 Å². The molecule has 1 atom stereocenters. The summed E-state index contributed by atoms with van der Waals surface area (Å²) in [5.41, 5.74) is -0.846. The molecule has 0 aromatic carbocycles. The number of carboxylic acid groups (broad SMARTS) is 1. The summed E-state index contributed by atoms with van der Waals surface area (Å²) in [6.45, 7) is 3.50. The van der Waals surface area contributed by atoms with Gasteiger partial charge in [0.2, 0.25) is 0 Å². The number of hydrogen-bond donors (Lipinski definition) is 2. The maximum absolute atomic E-state index is 12.0. The molecule has 1 aromatic heterocycles. The lowest BCUT2D eigenvalue weighted by molar-refractivity contribution is -0.150. The van der Waals surface area contributed by atoms with Crippen LogP contribution in [0.4, 0.5) is 4.79 Å². The number of likely N-dealkylation sites (tertiary alicyclic amines) is 1. The Bertz CT molecular complexity index is 475. The molecular weight excluding hydrogens is 262 g/mol. The van der Waals surface area contributed by atoms with Gasteiger partial charge in [-0.15, -0.1) is 5.10 Å². The molecule has 2 heterocycles. The van der Waals surface area contributed by atoms with Crippen molar-refractivity contribution in [2.75, 3.05) is 19.6 Å². The van der Waals surface area contributed by atoms with Gasteiger partial charge in [-0.2, -0.15) is 0 Å². The van der Waals surface area contributed by atoms with E-state index in [0.29, 0.717) is 32.5 Å². The van der Waals surface area contributed by atoms with Gasteiger partial charge in [0.25, 0.3) is 0 Å². The van der Waals surface area contributed by atoms with Gasteiger partial charge in [-0.3, -0.25) is 9.48 Å². The van der Waals surface area contributed by atoms with Crippen LogP contribution in [0.2, 0.25) is 0 Å². The number of carboxylic acids is 1. The Morgan fingerprint density at radius 1 is 1.50 bits per heavy atom. The molecule has 1 fully saturated rings. The van der Waals surface area contributed by atoms with Crippen LogP contribution in [-0.4, -0.2) is 56.6 Å². The molecular formula is C12H19N5O3. The molecule has 0 saturated carbocycles. The lowest BCUT2D eigenvalue weighted by Crippen LogP contribution is -2.51. The zero-order valence-corrected chi connectivity index (χ0v) is 11.4. The molecule has 0 spiro atoms. The van der Waals surface area contributed by atoms with Crippen LogP contribution in [0.25, 0.3) is 0 Å². The van der Waals surface area contributed by atoms with Crippen LogP contribution in [0.3, 0.4) is 0 Å². The number of nitrogens with zero attached hydrogens (tertiary/aromatic N) is 4. The minimum atomic E-state index is -0.849. The van der Waals surface area contributed by atoms with Crippen molar-refractivity contribution in [2.45, 2.75) is 26.3 Å². The van der Waals surface area contributed by atoms with Gasteiger partial charge in [-0.05, 0) is 19.8 Å². The molecule has 2 rings (SSSR count). The maximum Gasteiger partial charge on any atom is 0.317 e. The molecule has 20 heavy (non-hydrogen) atoms. The highest BCUT2D eigenvalue weighted by atomic mass is 16.4. The van der Waals surface area contributed by atoms with E-state index in [9.17, 15) is 14.7 Å². The third-order valence-corrected chi connectivity index (χ3v) is 3.59. The summed E-state index contributed by atoms with van der Waals surface area (Å²) in [4.78, 5) is 24.8. The van der Waals surface area contributed by atoms with Crippen molar-refractivity contribution in [3.63, 3.8) is 0 Å². The Morgan fingerprint density at radius 2 is 2.30 bits per heavy atom. The molecule has 1 unspecified atom stereocenters. The Balaban J connectivity index is 1.81. The van der Waals surface area contributed by atoms with E-state index in [1.807, 2.05) is 0 Å². The number of nitrogens with one attached hydrogen (secondary N) is 1. The van der Waals surface area contributed by atoms with E-state index in [2.05, 4.69) is 15.6 Å². The molecule has 8 heteroatoms. The van der Waals surface area contributed by atoms with Crippen LogP contribution < -0.4 is 5.32 Å². The summed E-state index contributed by atoms with van der Waals surface area (Å²) in [5, 5.41) is 19.5. The van der Waals surface area contributed by atoms with Gasteiger partial charge in [0.05, 0.1) is 18.2 Å². The first-order chi connectivity index (χ1) is 9.51. The molecule has 1 aromatic rings. The number of aromatic nitrogens is 3. The van der Waals surface area contributed by atoms with Gasteiger partial charge in [-0.25, -0.2) is 4.79 Å². The van der Waals surface area contributed by atoms with Gasteiger partial charge >= 0.3 is 12.0 Å². The lowest BCUT2D eigenvalue weighted by atomic mass is 9.82. The topological polar surface area (TPSA) is 100 Å². The normalized spacial score (nSPS) is 22.6. The summed E-state index contributed by atoms with van der Waals surface area (Å²) in [6.07, 6.45) is 4.60. The van der Waals surface area contributed by atoms with Crippen molar-refractivity contribution in [1.29, 1.82) is 0 Å². The van der Waals surface area contributed by atoms with Crippen molar-refractivity contribution >= 4 is 12.0 Å². The molecule has 0 aliphatic carbocycles. The quantitative estimate of drug-likeness (QED) is 0.819. The van der Waals surface area contributed by atoms with Crippen LogP contribution >= 0.6 is 0 Å². The number of aliphatic carboxylic acids is 1. The van der Waals surface area contributed by atoms with E-state index in [-0.39, 0.29) is 12.6 Å². The van der Waals surface area contributed by atoms with Crippen LogP contribution in [0.15, 0.2) is 12.4 Å². The van der Waals surface area contributed by atoms with Crippen molar-refractivity contribution in [1.82, 2.24) is 25.2 Å². The largest absolute Gasteiger partial charge is 0.481 e. The standard InChI is InChI=1S/C12H19N5O3/c1-12(10(18)19)3-2-6-16(9-12)11(20)13-4-7-17-8-5-14-15-17/h5,8H,2-4,6-7,9H2,1H3,(H,13,20)(H,18,19). The maximum atomic E-state index is 12.0. The zero-order chi connectivity index (χ0) is 14.6. The van der Waals surface area contributed by atoms with Gasteiger partial charge in [0.15, 0.2) is 0 Å².